The molecule has 0 aliphatic rings. The molecule has 0 spiro atoms. The van der Waals surface area contributed by atoms with Crippen molar-refractivity contribution in [2.24, 2.45) is 0 Å². The van der Waals surface area contributed by atoms with Gasteiger partial charge in [0, 0.05) is 18.0 Å². The number of carbonyl (C=O) groups is 1. The molecule has 0 bridgehead atoms. The molecule has 3 aromatic rings. The summed E-state index contributed by atoms with van der Waals surface area (Å²) < 4.78 is 11.3. The molecular weight excluding hydrogens is 498 g/mol. The molecular formula is C34H43N3O3. The molecule has 0 saturated heterocycles. The van der Waals surface area contributed by atoms with Crippen LogP contribution in [-0.4, -0.2) is 22.5 Å². The fourth-order valence-corrected chi connectivity index (χ4v) is 4.52. The first kappa shape index (κ1) is 30.8. The van der Waals surface area contributed by atoms with Crippen molar-refractivity contribution in [3.63, 3.8) is 0 Å². The molecule has 0 unspecified atom stereocenters. The van der Waals surface area contributed by atoms with Crippen LogP contribution in [-0.2, 0) is 6.42 Å². The minimum absolute atomic E-state index is 0.300. The molecule has 6 nitrogen and oxygen atoms in total. The van der Waals surface area contributed by atoms with Gasteiger partial charge in [0.1, 0.15) is 17.6 Å². The smallest absolute Gasteiger partial charge is 0.343 e. The van der Waals surface area contributed by atoms with Gasteiger partial charge in [-0.05, 0) is 67.3 Å². The molecule has 0 N–H and O–H groups in total. The Kier molecular flexibility index (Phi) is 13.7. The second-order valence-electron chi connectivity index (χ2n) is 10.3. The van der Waals surface area contributed by atoms with E-state index in [2.05, 4.69) is 29.9 Å². The van der Waals surface area contributed by atoms with Gasteiger partial charge in [-0.3, -0.25) is 0 Å². The molecule has 0 fully saturated rings. The number of carbonyl (C=O) groups excluding carboxylic acids is 1. The molecule has 0 amide bonds. The van der Waals surface area contributed by atoms with Crippen LogP contribution in [0.25, 0.3) is 11.4 Å². The number of benzene rings is 2. The van der Waals surface area contributed by atoms with Crippen LogP contribution in [0.3, 0.4) is 0 Å². The number of nitriles is 1. The molecule has 0 saturated carbocycles. The lowest BCUT2D eigenvalue weighted by Gasteiger charge is -2.10. The summed E-state index contributed by atoms with van der Waals surface area (Å²) in [5.41, 5.74) is 2.63. The van der Waals surface area contributed by atoms with Crippen molar-refractivity contribution in [3.8, 4) is 29.0 Å². The van der Waals surface area contributed by atoms with E-state index < -0.39 is 5.97 Å². The Morgan fingerprint density at radius 3 is 2.08 bits per heavy atom. The fourth-order valence-electron chi connectivity index (χ4n) is 4.52. The molecule has 0 atom stereocenters. The molecule has 0 aliphatic carbocycles. The van der Waals surface area contributed by atoms with E-state index in [1.54, 1.807) is 24.3 Å². The van der Waals surface area contributed by atoms with E-state index in [0.29, 0.717) is 35.1 Å². The number of esters is 1. The van der Waals surface area contributed by atoms with Crippen molar-refractivity contribution in [2.75, 3.05) is 6.61 Å². The van der Waals surface area contributed by atoms with Crippen LogP contribution < -0.4 is 9.47 Å². The minimum atomic E-state index is -0.527. The number of rotatable bonds is 18. The average molecular weight is 542 g/mol. The summed E-state index contributed by atoms with van der Waals surface area (Å²) in [5, 5.41) is 9.51. The molecule has 0 radical (unpaired) electrons. The second-order valence-corrected chi connectivity index (χ2v) is 10.3. The van der Waals surface area contributed by atoms with Crippen LogP contribution >= 0.6 is 0 Å². The number of aryl methyl sites for hydroxylation is 1. The Bertz CT molecular complexity index is 1200. The Labute approximate surface area is 239 Å². The van der Waals surface area contributed by atoms with E-state index in [0.717, 1.165) is 36.8 Å². The molecule has 6 heteroatoms. The summed E-state index contributed by atoms with van der Waals surface area (Å²) in [5.74, 6) is 1.01. The van der Waals surface area contributed by atoms with Gasteiger partial charge in [0.15, 0.2) is 5.82 Å². The summed E-state index contributed by atoms with van der Waals surface area (Å²) in [6.07, 6.45) is 19.6. The maximum absolute atomic E-state index is 12.7. The van der Waals surface area contributed by atoms with Crippen LogP contribution in [0.4, 0.5) is 0 Å². The number of nitrogens with zero attached hydrogens (tertiary/aromatic N) is 3. The summed E-state index contributed by atoms with van der Waals surface area (Å²) in [6, 6.07) is 14.0. The van der Waals surface area contributed by atoms with E-state index in [1.807, 2.05) is 24.5 Å². The van der Waals surface area contributed by atoms with Gasteiger partial charge in [0.05, 0.1) is 17.7 Å². The van der Waals surface area contributed by atoms with Gasteiger partial charge in [-0.1, -0.05) is 78.1 Å². The molecule has 212 valence electrons. The quantitative estimate of drug-likeness (QED) is 0.0908. The van der Waals surface area contributed by atoms with Gasteiger partial charge >= 0.3 is 5.97 Å². The van der Waals surface area contributed by atoms with E-state index >= 15 is 0 Å². The summed E-state index contributed by atoms with van der Waals surface area (Å²) in [4.78, 5) is 21.8. The fraction of sp³-hybridized carbons (Fsp3) is 0.471. The van der Waals surface area contributed by atoms with Crippen molar-refractivity contribution in [3.05, 3.63) is 71.5 Å². The van der Waals surface area contributed by atoms with E-state index in [-0.39, 0.29) is 0 Å². The molecule has 1 heterocycles. The summed E-state index contributed by atoms with van der Waals surface area (Å²) >= 11 is 0. The SMILES string of the molecule is CCCCCCCCCCc1cnc(-c2ccc(OC(=O)c3ccc(OCCCCCC)c(C#N)c3)cc2)nc1. The lowest BCUT2D eigenvalue weighted by molar-refractivity contribution is 0.0734. The summed E-state index contributed by atoms with van der Waals surface area (Å²) in [7, 11) is 0. The van der Waals surface area contributed by atoms with Crippen molar-refractivity contribution in [2.45, 2.75) is 97.3 Å². The zero-order chi connectivity index (χ0) is 28.4. The van der Waals surface area contributed by atoms with Gasteiger partial charge in [-0.2, -0.15) is 5.26 Å². The van der Waals surface area contributed by atoms with Gasteiger partial charge in [-0.25, -0.2) is 14.8 Å². The molecule has 40 heavy (non-hydrogen) atoms. The van der Waals surface area contributed by atoms with Gasteiger partial charge in [-0.15, -0.1) is 0 Å². The van der Waals surface area contributed by atoms with Crippen LogP contribution in [0.15, 0.2) is 54.9 Å². The van der Waals surface area contributed by atoms with Crippen molar-refractivity contribution < 1.29 is 14.3 Å². The first-order valence-electron chi connectivity index (χ1n) is 14.9. The lowest BCUT2D eigenvalue weighted by Crippen LogP contribution is -2.09. The predicted octanol–water partition coefficient (Wildman–Crippen LogP) is 8.88. The topological polar surface area (TPSA) is 85.1 Å². The highest BCUT2D eigenvalue weighted by Gasteiger charge is 2.13. The Morgan fingerprint density at radius 1 is 0.800 bits per heavy atom. The molecule has 3 rings (SSSR count). The van der Waals surface area contributed by atoms with Gasteiger partial charge in [0.2, 0.25) is 0 Å². The third kappa shape index (κ3) is 10.4. The van der Waals surface area contributed by atoms with E-state index in [9.17, 15) is 10.1 Å². The van der Waals surface area contributed by atoms with Crippen molar-refractivity contribution in [1.82, 2.24) is 9.97 Å². The van der Waals surface area contributed by atoms with E-state index in [1.165, 1.54) is 63.9 Å². The highest BCUT2D eigenvalue weighted by molar-refractivity contribution is 5.91. The molecule has 0 aliphatic heterocycles. The highest BCUT2D eigenvalue weighted by Crippen LogP contribution is 2.23. The third-order valence-electron chi connectivity index (χ3n) is 6.94. The maximum Gasteiger partial charge on any atom is 0.343 e. The number of hydrogen-bond donors (Lipinski definition) is 0. The van der Waals surface area contributed by atoms with Gasteiger partial charge in [0.25, 0.3) is 0 Å². The number of ether oxygens (including phenoxy) is 2. The number of aromatic nitrogens is 2. The predicted molar refractivity (Wildman–Crippen MR) is 160 cm³/mol. The zero-order valence-electron chi connectivity index (χ0n) is 24.2. The van der Waals surface area contributed by atoms with E-state index in [4.69, 9.17) is 9.47 Å². The Hall–Kier alpha value is -3.72. The Balaban J connectivity index is 1.47. The normalized spacial score (nSPS) is 10.7. The highest BCUT2D eigenvalue weighted by atomic mass is 16.5. The summed E-state index contributed by atoms with van der Waals surface area (Å²) in [6.45, 7) is 4.96. The Morgan fingerprint density at radius 2 is 1.43 bits per heavy atom. The lowest BCUT2D eigenvalue weighted by atomic mass is 10.1. The standard InChI is InChI=1S/C34H43N3O3/c1-3-5-7-9-10-11-12-13-15-27-25-36-33(37-26-27)28-16-19-31(20-17-28)40-34(38)29-18-21-32(30(23-29)24-35)39-22-14-8-6-4-2/h16-21,23,25-26H,3-15,22H2,1-2H3. The average Bonchev–Trinajstić information content (AvgIpc) is 2.99. The largest absolute Gasteiger partial charge is 0.492 e. The van der Waals surface area contributed by atoms with Crippen LogP contribution in [0.1, 0.15) is 112 Å². The van der Waals surface area contributed by atoms with Crippen LogP contribution in [0.2, 0.25) is 0 Å². The zero-order valence-corrected chi connectivity index (χ0v) is 24.2. The van der Waals surface area contributed by atoms with Crippen molar-refractivity contribution >= 4 is 5.97 Å². The third-order valence-corrected chi connectivity index (χ3v) is 6.94. The monoisotopic (exact) mass is 541 g/mol. The number of hydrogen-bond acceptors (Lipinski definition) is 6. The second kappa shape index (κ2) is 17.8. The molecule has 2 aromatic carbocycles. The number of unbranched alkanes of at least 4 members (excludes halogenated alkanes) is 10. The van der Waals surface area contributed by atoms with Crippen LogP contribution in [0.5, 0.6) is 11.5 Å². The van der Waals surface area contributed by atoms with Crippen molar-refractivity contribution in [1.29, 1.82) is 5.26 Å². The molecule has 1 aromatic heterocycles. The van der Waals surface area contributed by atoms with Gasteiger partial charge < -0.3 is 9.47 Å². The van der Waals surface area contributed by atoms with Crippen LogP contribution in [0, 0.1) is 11.3 Å². The minimum Gasteiger partial charge on any atom is -0.492 e. The maximum atomic E-state index is 12.7. The first-order valence-corrected chi connectivity index (χ1v) is 14.9. The first-order chi connectivity index (χ1) is 19.6.